The molecule has 1 aromatic heterocycles. The molecule has 5 nitrogen and oxygen atoms in total. The van der Waals surface area contributed by atoms with Gasteiger partial charge in [0.2, 0.25) is 0 Å². The molecule has 2 aromatic carbocycles. The molecule has 1 aliphatic rings. The van der Waals surface area contributed by atoms with Crippen molar-refractivity contribution in [1.29, 1.82) is 0 Å². The van der Waals surface area contributed by atoms with Crippen molar-refractivity contribution in [2.24, 2.45) is 0 Å². The lowest BCUT2D eigenvalue weighted by Crippen LogP contribution is -2.35. The number of halogens is 3. The Morgan fingerprint density at radius 1 is 1.00 bits per heavy atom. The largest absolute Gasteiger partial charge is 0.382 e. The number of rotatable bonds is 4. The average molecular weight is 507 g/mol. The molecule has 1 fully saturated rings. The zero-order chi connectivity index (χ0) is 18.1. The van der Waals surface area contributed by atoms with Gasteiger partial charge in [-0.25, -0.2) is 12.4 Å². The minimum absolute atomic E-state index is 0. The van der Waals surface area contributed by atoms with E-state index in [1.54, 1.807) is 30.5 Å². The molecule has 0 spiro atoms. The molecule has 2 heterocycles. The Kier molecular flexibility index (Phi) is 7.81. The topological polar surface area (TPSA) is 63.1 Å². The second kappa shape index (κ2) is 9.50. The van der Waals surface area contributed by atoms with Crippen LogP contribution in [0.25, 0.3) is 10.9 Å². The smallest absolute Gasteiger partial charge is 0.269 e. The van der Waals surface area contributed by atoms with Gasteiger partial charge in [-0.05, 0) is 72.2 Å². The molecule has 1 aliphatic heterocycles. The highest BCUT2D eigenvalue weighted by atomic mass is 79.9. The maximum atomic E-state index is 13.1. The van der Waals surface area contributed by atoms with Crippen molar-refractivity contribution in [2.45, 2.75) is 23.8 Å². The van der Waals surface area contributed by atoms with Crippen LogP contribution < -0.4 is 10.6 Å². The second-order valence-electron chi connectivity index (χ2n) is 6.45. The summed E-state index contributed by atoms with van der Waals surface area (Å²) in [6.45, 7) is 2.01. The Morgan fingerprint density at radius 2 is 1.71 bits per heavy atom. The first-order chi connectivity index (χ1) is 12.6. The van der Waals surface area contributed by atoms with Gasteiger partial charge in [0.05, 0.1) is 5.52 Å². The third-order valence-electron chi connectivity index (χ3n) is 4.77. The van der Waals surface area contributed by atoms with E-state index in [2.05, 4.69) is 26.6 Å². The molecular formula is C19H22BrCl2N3O2S. The molecule has 0 saturated carbocycles. The summed E-state index contributed by atoms with van der Waals surface area (Å²) in [4.78, 5) is 0.259. The van der Waals surface area contributed by atoms with Crippen LogP contribution in [-0.2, 0) is 10.0 Å². The predicted octanol–water partition coefficient (Wildman–Crippen LogP) is 4.65. The van der Waals surface area contributed by atoms with E-state index in [1.165, 1.54) is 3.97 Å². The standard InChI is InChI=1S/C19H20BrN3O2S.2ClH/c20-16-4-1-2-7-19(16)26(24,25)23-13-10-15-17(5-3-6-18(15)23)22-14-8-11-21-12-9-14;;/h1-7,10,13-14,21-22H,8-9,11-12H2;2*1H. The summed E-state index contributed by atoms with van der Waals surface area (Å²) < 4.78 is 28.2. The van der Waals surface area contributed by atoms with Gasteiger partial charge < -0.3 is 10.6 Å². The van der Waals surface area contributed by atoms with Crippen LogP contribution in [0.1, 0.15) is 12.8 Å². The van der Waals surface area contributed by atoms with Crippen LogP contribution in [0.4, 0.5) is 5.69 Å². The molecule has 3 aromatic rings. The van der Waals surface area contributed by atoms with Crippen LogP contribution in [0.2, 0.25) is 0 Å². The van der Waals surface area contributed by atoms with Gasteiger partial charge >= 0.3 is 0 Å². The number of anilines is 1. The van der Waals surface area contributed by atoms with Crippen molar-refractivity contribution in [1.82, 2.24) is 9.29 Å². The van der Waals surface area contributed by atoms with Gasteiger partial charge in [0.25, 0.3) is 10.0 Å². The molecule has 2 N–H and O–H groups in total. The molecule has 152 valence electrons. The van der Waals surface area contributed by atoms with Crippen molar-refractivity contribution in [3.63, 3.8) is 0 Å². The molecule has 9 heteroatoms. The monoisotopic (exact) mass is 505 g/mol. The predicted molar refractivity (Wildman–Crippen MR) is 123 cm³/mol. The molecule has 0 amide bonds. The first-order valence-corrected chi connectivity index (χ1v) is 10.9. The van der Waals surface area contributed by atoms with E-state index in [0.29, 0.717) is 16.0 Å². The normalized spacial score (nSPS) is 14.9. The van der Waals surface area contributed by atoms with Crippen LogP contribution in [0.3, 0.4) is 0 Å². The van der Waals surface area contributed by atoms with Crippen LogP contribution in [0.5, 0.6) is 0 Å². The zero-order valence-electron chi connectivity index (χ0n) is 15.0. The summed E-state index contributed by atoms with van der Waals surface area (Å²) in [5.74, 6) is 0. The molecular weight excluding hydrogens is 485 g/mol. The number of aromatic nitrogens is 1. The maximum Gasteiger partial charge on any atom is 0.269 e. The van der Waals surface area contributed by atoms with E-state index in [4.69, 9.17) is 0 Å². The number of nitrogens with zero attached hydrogens (tertiary/aromatic N) is 1. The SMILES string of the molecule is Cl.Cl.O=S(=O)(c1ccccc1Br)n1ccc2c(NC3CCNCC3)cccc21. The number of benzene rings is 2. The fraction of sp³-hybridized carbons (Fsp3) is 0.263. The highest BCUT2D eigenvalue weighted by Crippen LogP contribution is 2.31. The summed E-state index contributed by atoms with van der Waals surface area (Å²) in [5.41, 5.74) is 1.66. The highest BCUT2D eigenvalue weighted by molar-refractivity contribution is 9.10. The molecule has 1 saturated heterocycles. The first-order valence-electron chi connectivity index (χ1n) is 8.65. The highest BCUT2D eigenvalue weighted by Gasteiger charge is 2.22. The first kappa shape index (κ1) is 23.0. The summed E-state index contributed by atoms with van der Waals surface area (Å²) in [6, 6.07) is 14.9. The van der Waals surface area contributed by atoms with E-state index in [9.17, 15) is 8.42 Å². The van der Waals surface area contributed by atoms with Crippen molar-refractivity contribution >= 4 is 67.4 Å². The molecule has 0 bridgehead atoms. The molecule has 28 heavy (non-hydrogen) atoms. The van der Waals surface area contributed by atoms with Crippen molar-refractivity contribution in [2.75, 3.05) is 18.4 Å². The van der Waals surface area contributed by atoms with Crippen LogP contribution in [0, 0.1) is 0 Å². The summed E-state index contributed by atoms with van der Waals surface area (Å²) in [6.07, 6.45) is 3.76. The quantitative estimate of drug-likeness (QED) is 0.540. The van der Waals surface area contributed by atoms with Gasteiger partial charge in [-0.3, -0.25) is 0 Å². The number of hydrogen-bond acceptors (Lipinski definition) is 4. The van der Waals surface area contributed by atoms with Crippen LogP contribution in [-0.4, -0.2) is 31.5 Å². The van der Waals surface area contributed by atoms with E-state index >= 15 is 0 Å². The Balaban J connectivity index is 0.00000140. The minimum Gasteiger partial charge on any atom is -0.382 e. The van der Waals surface area contributed by atoms with E-state index < -0.39 is 10.0 Å². The van der Waals surface area contributed by atoms with Crippen molar-refractivity contribution in [3.8, 4) is 0 Å². The molecule has 0 unspecified atom stereocenters. The lowest BCUT2D eigenvalue weighted by molar-refractivity contribution is 0.479. The Morgan fingerprint density at radius 3 is 2.43 bits per heavy atom. The summed E-state index contributed by atoms with van der Waals surface area (Å²) in [7, 11) is -3.67. The van der Waals surface area contributed by atoms with Crippen molar-refractivity contribution < 1.29 is 8.42 Å². The molecule has 0 atom stereocenters. The van der Waals surface area contributed by atoms with E-state index in [-0.39, 0.29) is 29.7 Å². The number of fused-ring (bicyclic) bond motifs is 1. The van der Waals surface area contributed by atoms with Gasteiger partial charge in [0.15, 0.2) is 0 Å². The third-order valence-corrected chi connectivity index (χ3v) is 7.47. The lowest BCUT2D eigenvalue weighted by atomic mass is 10.1. The number of piperidine rings is 1. The fourth-order valence-corrected chi connectivity index (χ4v) is 5.74. The Labute approximate surface area is 185 Å². The van der Waals surface area contributed by atoms with Gasteiger partial charge in [-0.15, -0.1) is 24.8 Å². The minimum atomic E-state index is -3.67. The lowest BCUT2D eigenvalue weighted by Gasteiger charge is -2.25. The molecule has 0 aliphatic carbocycles. The Bertz CT molecular complexity index is 1050. The second-order valence-corrected chi connectivity index (χ2v) is 9.09. The fourth-order valence-electron chi connectivity index (χ4n) is 3.42. The van der Waals surface area contributed by atoms with Crippen LogP contribution >= 0.6 is 40.7 Å². The average Bonchev–Trinajstić information content (AvgIpc) is 3.09. The third kappa shape index (κ3) is 4.33. The van der Waals surface area contributed by atoms with Gasteiger partial charge in [0.1, 0.15) is 4.90 Å². The molecule has 4 rings (SSSR count). The van der Waals surface area contributed by atoms with E-state index in [1.807, 2.05) is 24.3 Å². The van der Waals surface area contributed by atoms with Gasteiger partial charge in [-0.1, -0.05) is 18.2 Å². The zero-order valence-corrected chi connectivity index (χ0v) is 19.0. The number of nitrogens with one attached hydrogen (secondary N) is 2. The summed E-state index contributed by atoms with van der Waals surface area (Å²) >= 11 is 3.35. The number of hydrogen-bond donors (Lipinski definition) is 2. The van der Waals surface area contributed by atoms with Gasteiger partial charge in [0, 0.05) is 27.8 Å². The van der Waals surface area contributed by atoms with E-state index in [0.717, 1.165) is 37.0 Å². The molecule has 0 radical (unpaired) electrons. The maximum absolute atomic E-state index is 13.1. The van der Waals surface area contributed by atoms with Gasteiger partial charge in [-0.2, -0.15) is 0 Å². The van der Waals surface area contributed by atoms with Crippen molar-refractivity contribution in [3.05, 3.63) is 59.2 Å². The van der Waals surface area contributed by atoms with Crippen LogP contribution in [0.15, 0.2) is 64.1 Å². The summed E-state index contributed by atoms with van der Waals surface area (Å²) in [5, 5.41) is 7.86. The Hall–Kier alpha value is -1.25.